The Morgan fingerprint density at radius 3 is 2.50 bits per heavy atom. The average Bonchev–Trinajstić information content (AvgIpc) is 3.14. The number of nitrogens with zero attached hydrogens (tertiary/aromatic N) is 1. The van der Waals surface area contributed by atoms with Crippen LogP contribution in [0.5, 0.6) is 5.75 Å². The summed E-state index contributed by atoms with van der Waals surface area (Å²) in [5, 5.41) is 11.3. The van der Waals surface area contributed by atoms with E-state index in [0.717, 1.165) is 11.1 Å². The van der Waals surface area contributed by atoms with Crippen LogP contribution in [0.3, 0.4) is 0 Å². The van der Waals surface area contributed by atoms with Crippen molar-refractivity contribution >= 4 is 56.6 Å². The molecule has 2 aromatic rings. The minimum absolute atomic E-state index is 0.00840. The highest BCUT2D eigenvalue weighted by atomic mass is 79.9. The summed E-state index contributed by atoms with van der Waals surface area (Å²) in [6, 6.07) is 10.1. The molecule has 0 bridgehead atoms. The van der Waals surface area contributed by atoms with Crippen molar-refractivity contribution < 1.29 is 24.3 Å². The standard InChI is InChI=1S/C30H23BrClNO5/c1-13-3-5-16(11-22(13)32)33-29(37)18-7-6-17-19(26(18)30(33)38)12-21-24(35)9-14(2)28(36)27(21)25(17)20-10-15(31)4-8-23(20)34/h3-6,8-11,18-19,25-26,34H,7,12H2,1-2H3. The molecule has 0 radical (unpaired) electrons. The van der Waals surface area contributed by atoms with Crippen LogP contribution in [-0.2, 0) is 19.2 Å². The van der Waals surface area contributed by atoms with E-state index in [4.69, 9.17) is 11.6 Å². The number of aryl methyl sites for hydroxylation is 1. The van der Waals surface area contributed by atoms with E-state index in [0.29, 0.717) is 43.9 Å². The van der Waals surface area contributed by atoms with Crippen LogP contribution in [0.25, 0.3) is 0 Å². The largest absolute Gasteiger partial charge is 0.508 e. The summed E-state index contributed by atoms with van der Waals surface area (Å²) < 4.78 is 0.709. The number of allylic oxidation sites excluding steroid dienone is 6. The normalized spacial score (nSPS) is 26.7. The van der Waals surface area contributed by atoms with Gasteiger partial charge in [0, 0.05) is 37.7 Å². The number of rotatable bonds is 2. The van der Waals surface area contributed by atoms with Crippen LogP contribution in [0.1, 0.15) is 36.8 Å². The van der Waals surface area contributed by atoms with Crippen LogP contribution in [0, 0.1) is 24.7 Å². The molecule has 1 fully saturated rings. The number of fused-ring (bicyclic) bond motifs is 3. The molecular weight excluding hydrogens is 570 g/mol. The van der Waals surface area contributed by atoms with Gasteiger partial charge in [0.2, 0.25) is 11.8 Å². The number of amides is 2. The van der Waals surface area contributed by atoms with Gasteiger partial charge in [-0.05, 0) is 74.6 Å². The third-order valence-corrected chi connectivity index (χ3v) is 9.18. The molecular formula is C30H23BrClNO5. The molecule has 1 saturated heterocycles. The number of benzene rings is 2. The van der Waals surface area contributed by atoms with E-state index in [9.17, 15) is 24.3 Å². The maximum absolute atomic E-state index is 13.9. The Hall–Kier alpha value is -3.29. The molecule has 2 amide bonds. The predicted octanol–water partition coefficient (Wildman–Crippen LogP) is 5.75. The van der Waals surface area contributed by atoms with E-state index >= 15 is 0 Å². The van der Waals surface area contributed by atoms with Gasteiger partial charge in [0.1, 0.15) is 5.75 Å². The maximum Gasteiger partial charge on any atom is 0.238 e. The molecule has 4 atom stereocenters. The topological polar surface area (TPSA) is 91.8 Å². The van der Waals surface area contributed by atoms with Crippen molar-refractivity contribution in [1.29, 1.82) is 0 Å². The van der Waals surface area contributed by atoms with E-state index in [2.05, 4.69) is 15.9 Å². The second-order valence-corrected chi connectivity index (χ2v) is 11.7. The van der Waals surface area contributed by atoms with Crippen molar-refractivity contribution in [3.63, 3.8) is 0 Å². The van der Waals surface area contributed by atoms with Crippen LogP contribution in [0.15, 0.2) is 75.3 Å². The number of carbonyl (C=O) groups is 4. The number of imide groups is 1. The Morgan fingerprint density at radius 1 is 1.00 bits per heavy atom. The molecule has 38 heavy (non-hydrogen) atoms. The number of phenols is 1. The number of carbonyl (C=O) groups excluding carboxylic acids is 4. The molecule has 6 rings (SSSR count). The van der Waals surface area contributed by atoms with Crippen LogP contribution < -0.4 is 4.90 Å². The minimum atomic E-state index is -0.701. The van der Waals surface area contributed by atoms with E-state index in [1.54, 1.807) is 43.3 Å². The number of hydrogen-bond donors (Lipinski definition) is 1. The van der Waals surface area contributed by atoms with Gasteiger partial charge in [-0.1, -0.05) is 45.2 Å². The summed E-state index contributed by atoms with van der Waals surface area (Å²) in [6.45, 7) is 3.46. The van der Waals surface area contributed by atoms with Gasteiger partial charge < -0.3 is 5.11 Å². The lowest BCUT2D eigenvalue weighted by Gasteiger charge is -2.42. The molecule has 1 heterocycles. The lowest BCUT2D eigenvalue weighted by atomic mass is 9.59. The van der Waals surface area contributed by atoms with Crippen LogP contribution in [0.4, 0.5) is 5.69 Å². The zero-order valence-electron chi connectivity index (χ0n) is 20.6. The lowest BCUT2D eigenvalue weighted by Crippen LogP contribution is -2.39. The number of hydrogen-bond acceptors (Lipinski definition) is 5. The van der Waals surface area contributed by atoms with Crippen LogP contribution in [-0.4, -0.2) is 28.5 Å². The summed E-state index contributed by atoms with van der Waals surface area (Å²) in [5.41, 5.74) is 3.58. The Morgan fingerprint density at radius 2 is 1.76 bits per heavy atom. The van der Waals surface area contributed by atoms with E-state index in [-0.39, 0.29) is 35.6 Å². The summed E-state index contributed by atoms with van der Waals surface area (Å²) in [5.74, 6) is -3.59. The van der Waals surface area contributed by atoms with E-state index < -0.39 is 23.7 Å². The fourth-order valence-corrected chi connectivity index (χ4v) is 7.00. The predicted molar refractivity (Wildman–Crippen MR) is 146 cm³/mol. The molecule has 192 valence electrons. The van der Waals surface area contributed by atoms with E-state index in [1.165, 1.54) is 11.0 Å². The third-order valence-electron chi connectivity index (χ3n) is 8.28. The quantitative estimate of drug-likeness (QED) is 0.272. The molecule has 4 aliphatic rings. The number of aromatic hydroxyl groups is 1. The molecule has 0 saturated carbocycles. The molecule has 3 aliphatic carbocycles. The van der Waals surface area contributed by atoms with Crippen molar-refractivity contribution in [2.45, 2.75) is 32.6 Å². The van der Waals surface area contributed by atoms with Gasteiger partial charge in [-0.2, -0.15) is 0 Å². The number of ketones is 2. The highest BCUT2D eigenvalue weighted by Gasteiger charge is 2.56. The Labute approximate surface area is 232 Å². The SMILES string of the molecule is CC1=CC(=O)C2=C(C1=O)C(c1cc(Br)ccc1O)C1=CCC3C(=O)N(c4ccc(C)c(Cl)c4)C(=O)C3C1C2. The fraction of sp³-hybridized carbons (Fsp3) is 0.267. The van der Waals surface area contributed by atoms with Crippen LogP contribution >= 0.6 is 27.5 Å². The highest BCUT2D eigenvalue weighted by Crippen LogP contribution is 2.56. The number of Topliss-reactive ketones (excluding diaryl/α,β-unsaturated/α-hetero) is 1. The molecule has 2 aromatic carbocycles. The van der Waals surface area contributed by atoms with Crippen molar-refractivity contribution in [2.24, 2.45) is 17.8 Å². The van der Waals surface area contributed by atoms with Crippen LogP contribution in [0.2, 0.25) is 5.02 Å². The Kier molecular flexibility index (Phi) is 5.85. The molecule has 0 spiro atoms. The maximum atomic E-state index is 13.9. The minimum Gasteiger partial charge on any atom is -0.508 e. The van der Waals surface area contributed by atoms with Crippen molar-refractivity contribution in [3.05, 3.63) is 91.5 Å². The monoisotopic (exact) mass is 591 g/mol. The fourth-order valence-electron chi connectivity index (χ4n) is 6.45. The first-order valence-electron chi connectivity index (χ1n) is 12.4. The third kappa shape index (κ3) is 3.59. The number of anilines is 1. The number of phenolic OH excluding ortho intramolecular Hbond substituents is 1. The lowest BCUT2D eigenvalue weighted by molar-refractivity contribution is -0.123. The zero-order chi connectivity index (χ0) is 27.0. The molecule has 6 nitrogen and oxygen atoms in total. The van der Waals surface area contributed by atoms with Gasteiger partial charge in [-0.15, -0.1) is 0 Å². The van der Waals surface area contributed by atoms with Crippen molar-refractivity contribution in [1.82, 2.24) is 0 Å². The molecule has 1 aliphatic heterocycles. The second-order valence-electron chi connectivity index (χ2n) is 10.4. The van der Waals surface area contributed by atoms with Gasteiger partial charge in [0.05, 0.1) is 17.5 Å². The average molecular weight is 593 g/mol. The van der Waals surface area contributed by atoms with E-state index in [1.807, 2.05) is 13.0 Å². The summed E-state index contributed by atoms with van der Waals surface area (Å²) in [6.07, 6.45) is 3.78. The summed E-state index contributed by atoms with van der Waals surface area (Å²) in [7, 11) is 0. The first-order valence-corrected chi connectivity index (χ1v) is 13.6. The Bertz CT molecular complexity index is 1580. The zero-order valence-corrected chi connectivity index (χ0v) is 23.0. The second kappa shape index (κ2) is 8.89. The van der Waals surface area contributed by atoms with Gasteiger partial charge >= 0.3 is 0 Å². The first-order chi connectivity index (χ1) is 18.1. The smallest absolute Gasteiger partial charge is 0.238 e. The first kappa shape index (κ1) is 25.0. The highest BCUT2D eigenvalue weighted by molar-refractivity contribution is 9.10. The van der Waals surface area contributed by atoms with Crippen molar-refractivity contribution in [2.75, 3.05) is 4.90 Å². The molecule has 8 heteroatoms. The number of halogens is 2. The summed E-state index contributed by atoms with van der Waals surface area (Å²) in [4.78, 5) is 55.4. The van der Waals surface area contributed by atoms with Gasteiger partial charge in [-0.25, -0.2) is 4.90 Å². The Balaban J connectivity index is 1.50. The molecule has 0 aromatic heterocycles. The summed E-state index contributed by atoms with van der Waals surface area (Å²) >= 11 is 9.77. The van der Waals surface area contributed by atoms with Gasteiger partial charge in [0.15, 0.2) is 11.6 Å². The molecule has 4 unspecified atom stereocenters. The van der Waals surface area contributed by atoms with Gasteiger partial charge in [-0.3, -0.25) is 19.2 Å². The van der Waals surface area contributed by atoms with Crippen molar-refractivity contribution in [3.8, 4) is 5.75 Å². The van der Waals surface area contributed by atoms with Gasteiger partial charge in [0.25, 0.3) is 0 Å². The molecule has 1 N–H and O–H groups in total.